The van der Waals surface area contributed by atoms with Crippen molar-refractivity contribution in [1.82, 2.24) is 9.66 Å². The number of nitrogens with zero attached hydrogens (tertiary/aromatic N) is 2. The van der Waals surface area contributed by atoms with Crippen LogP contribution in [0.5, 0.6) is 0 Å². The lowest BCUT2D eigenvalue weighted by Crippen LogP contribution is -2.10. The van der Waals surface area contributed by atoms with Crippen LogP contribution in [-0.4, -0.2) is 9.66 Å². The fourth-order valence-electron chi connectivity index (χ4n) is 1.26. The molecule has 0 fully saturated rings. The average molecular weight is 210 g/mol. The summed E-state index contributed by atoms with van der Waals surface area (Å²) in [5.74, 6) is 4.31. The molecule has 0 aliphatic rings. The summed E-state index contributed by atoms with van der Waals surface area (Å²) in [6.07, 6.45) is 1.23. The van der Waals surface area contributed by atoms with Gasteiger partial charge in [-0.15, -0.1) is 0 Å². The Morgan fingerprint density at radius 1 is 1.27 bits per heavy atom. The van der Waals surface area contributed by atoms with Crippen molar-refractivity contribution in [3.8, 4) is 11.3 Å². The van der Waals surface area contributed by atoms with Gasteiger partial charge in [-0.2, -0.15) is 0 Å². The molecule has 2 rings (SSSR count). The minimum Gasteiger partial charge on any atom is -0.382 e. The van der Waals surface area contributed by atoms with Crippen LogP contribution in [0.3, 0.4) is 0 Å². The van der Waals surface area contributed by atoms with E-state index in [9.17, 15) is 8.78 Å². The Morgan fingerprint density at radius 2 is 2.00 bits per heavy atom. The normalized spacial score (nSPS) is 10.5. The zero-order chi connectivity index (χ0) is 11.0. The van der Waals surface area contributed by atoms with Crippen molar-refractivity contribution in [2.75, 3.05) is 11.6 Å². The van der Waals surface area contributed by atoms with Gasteiger partial charge in [0.1, 0.15) is 23.7 Å². The van der Waals surface area contributed by atoms with Crippen molar-refractivity contribution in [2.45, 2.75) is 0 Å². The maximum atomic E-state index is 13.3. The molecule has 0 spiro atoms. The summed E-state index contributed by atoms with van der Waals surface area (Å²) in [6.45, 7) is 0. The standard InChI is InChI=1S/C9H8F2N4/c10-5-1-2-7(11)6(3-5)8-9(12)15(13)4-14-8/h1-4H,12-13H2. The molecule has 4 N–H and O–H groups in total. The topological polar surface area (TPSA) is 69.9 Å². The van der Waals surface area contributed by atoms with E-state index in [1.54, 1.807) is 0 Å². The maximum Gasteiger partial charge on any atom is 0.150 e. The van der Waals surface area contributed by atoms with Gasteiger partial charge >= 0.3 is 0 Å². The molecule has 6 heteroatoms. The first-order valence-electron chi connectivity index (χ1n) is 4.13. The predicted octanol–water partition coefficient (Wildman–Crippen LogP) is 1.12. The molecule has 0 aliphatic carbocycles. The lowest BCUT2D eigenvalue weighted by Gasteiger charge is -2.01. The number of rotatable bonds is 1. The second kappa shape index (κ2) is 3.23. The molecule has 1 aromatic heterocycles. The third kappa shape index (κ3) is 1.50. The number of halogens is 2. The average Bonchev–Trinajstić information content (AvgIpc) is 2.52. The SMILES string of the molecule is Nc1c(-c2cc(F)ccc2F)ncn1N. The van der Waals surface area contributed by atoms with Gasteiger partial charge in [0, 0.05) is 5.56 Å². The molecule has 15 heavy (non-hydrogen) atoms. The summed E-state index contributed by atoms with van der Waals surface area (Å²) in [5.41, 5.74) is 5.67. The lowest BCUT2D eigenvalue weighted by atomic mass is 10.1. The van der Waals surface area contributed by atoms with Gasteiger partial charge in [-0.25, -0.2) is 18.4 Å². The maximum absolute atomic E-state index is 13.3. The van der Waals surface area contributed by atoms with Crippen LogP contribution in [0.15, 0.2) is 24.5 Å². The fraction of sp³-hybridized carbons (Fsp3) is 0. The third-order valence-electron chi connectivity index (χ3n) is 2.02. The molecule has 4 nitrogen and oxygen atoms in total. The summed E-state index contributed by atoms with van der Waals surface area (Å²) in [6, 6.07) is 3.06. The van der Waals surface area contributed by atoms with Gasteiger partial charge in [0.05, 0.1) is 0 Å². The Kier molecular flexibility index (Phi) is 2.03. The summed E-state index contributed by atoms with van der Waals surface area (Å²) in [4.78, 5) is 3.79. The van der Waals surface area contributed by atoms with Crippen LogP contribution in [0.25, 0.3) is 11.3 Å². The number of nitrogens with two attached hydrogens (primary N) is 2. The molecule has 0 radical (unpaired) electrons. The summed E-state index contributed by atoms with van der Waals surface area (Å²) < 4.78 is 27.3. The van der Waals surface area contributed by atoms with E-state index < -0.39 is 11.6 Å². The number of anilines is 1. The fourth-order valence-corrected chi connectivity index (χ4v) is 1.26. The second-order valence-corrected chi connectivity index (χ2v) is 3.01. The van der Waals surface area contributed by atoms with E-state index in [1.807, 2.05) is 0 Å². The van der Waals surface area contributed by atoms with Crippen LogP contribution < -0.4 is 11.6 Å². The van der Waals surface area contributed by atoms with E-state index in [-0.39, 0.29) is 17.1 Å². The molecular formula is C9H8F2N4. The zero-order valence-corrected chi connectivity index (χ0v) is 7.61. The van der Waals surface area contributed by atoms with E-state index in [0.717, 1.165) is 22.9 Å². The monoisotopic (exact) mass is 210 g/mol. The Balaban J connectivity index is 2.63. The van der Waals surface area contributed by atoms with Crippen molar-refractivity contribution in [3.63, 3.8) is 0 Å². The lowest BCUT2D eigenvalue weighted by molar-refractivity contribution is 0.603. The highest BCUT2D eigenvalue weighted by Crippen LogP contribution is 2.26. The van der Waals surface area contributed by atoms with Gasteiger partial charge in [-0.3, -0.25) is 0 Å². The van der Waals surface area contributed by atoms with Crippen LogP contribution in [0.2, 0.25) is 0 Å². The molecule has 1 aromatic carbocycles. The molecule has 78 valence electrons. The minimum absolute atomic E-state index is 0.00306. The highest BCUT2D eigenvalue weighted by atomic mass is 19.1. The third-order valence-corrected chi connectivity index (χ3v) is 2.02. The molecule has 0 bridgehead atoms. The Hall–Kier alpha value is -2.11. The second-order valence-electron chi connectivity index (χ2n) is 3.01. The largest absolute Gasteiger partial charge is 0.382 e. The number of aromatic nitrogens is 2. The summed E-state index contributed by atoms with van der Waals surface area (Å²) in [5, 5.41) is 0. The molecule has 0 saturated heterocycles. The van der Waals surface area contributed by atoms with Gasteiger partial charge in [0.2, 0.25) is 0 Å². The molecule has 0 amide bonds. The van der Waals surface area contributed by atoms with E-state index in [2.05, 4.69) is 4.98 Å². The number of hydrogen-bond donors (Lipinski definition) is 2. The van der Waals surface area contributed by atoms with Crippen LogP contribution in [0.1, 0.15) is 0 Å². The van der Waals surface area contributed by atoms with E-state index in [1.165, 1.54) is 6.33 Å². The quantitative estimate of drug-likeness (QED) is 0.693. The predicted molar refractivity (Wildman–Crippen MR) is 52.1 cm³/mol. The summed E-state index contributed by atoms with van der Waals surface area (Å²) in [7, 11) is 0. The number of benzene rings is 1. The molecule has 2 aromatic rings. The highest BCUT2D eigenvalue weighted by molar-refractivity contribution is 5.70. The first kappa shape index (κ1) is 9.45. The number of imidazole rings is 1. The Morgan fingerprint density at radius 3 is 2.60 bits per heavy atom. The highest BCUT2D eigenvalue weighted by Gasteiger charge is 2.13. The van der Waals surface area contributed by atoms with Crippen molar-refractivity contribution < 1.29 is 8.78 Å². The van der Waals surface area contributed by atoms with Crippen molar-refractivity contribution in [1.29, 1.82) is 0 Å². The molecule has 1 heterocycles. The first-order chi connectivity index (χ1) is 7.09. The molecule has 0 saturated carbocycles. The Labute approximate surface area is 84.1 Å². The van der Waals surface area contributed by atoms with Crippen LogP contribution in [0.4, 0.5) is 14.6 Å². The Bertz CT molecular complexity index is 507. The van der Waals surface area contributed by atoms with Gasteiger partial charge in [-0.05, 0) is 18.2 Å². The van der Waals surface area contributed by atoms with E-state index in [0.29, 0.717) is 0 Å². The van der Waals surface area contributed by atoms with Gasteiger partial charge < -0.3 is 11.6 Å². The van der Waals surface area contributed by atoms with Crippen LogP contribution >= 0.6 is 0 Å². The van der Waals surface area contributed by atoms with Crippen molar-refractivity contribution in [2.24, 2.45) is 0 Å². The minimum atomic E-state index is -0.596. The first-order valence-corrected chi connectivity index (χ1v) is 4.13. The molecule has 0 aliphatic heterocycles. The van der Waals surface area contributed by atoms with Crippen molar-refractivity contribution >= 4 is 5.82 Å². The number of hydrogen-bond acceptors (Lipinski definition) is 3. The van der Waals surface area contributed by atoms with Gasteiger partial charge in [0.25, 0.3) is 0 Å². The van der Waals surface area contributed by atoms with Gasteiger partial charge in [0.15, 0.2) is 5.82 Å². The zero-order valence-electron chi connectivity index (χ0n) is 7.61. The van der Waals surface area contributed by atoms with E-state index in [4.69, 9.17) is 11.6 Å². The summed E-state index contributed by atoms with van der Waals surface area (Å²) >= 11 is 0. The van der Waals surface area contributed by atoms with Crippen LogP contribution in [-0.2, 0) is 0 Å². The van der Waals surface area contributed by atoms with Crippen LogP contribution in [0, 0.1) is 11.6 Å². The van der Waals surface area contributed by atoms with Gasteiger partial charge in [-0.1, -0.05) is 0 Å². The van der Waals surface area contributed by atoms with Crippen molar-refractivity contribution in [3.05, 3.63) is 36.2 Å². The molecular weight excluding hydrogens is 202 g/mol. The number of nitrogen functional groups attached to an aromatic ring is 2. The van der Waals surface area contributed by atoms with E-state index >= 15 is 0 Å². The molecule has 0 unspecified atom stereocenters. The molecule has 0 atom stereocenters. The smallest absolute Gasteiger partial charge is 0.150 e.